The normalized spacial score (nSPS) is 17.3. The van der Waals surface area contributed by atoms with Gasteiger partial charge in [0, 0.05) is 35.0 Å². The fourth-order valence-corrected chi connectivity index (χ4v) is 6.25. The van der Waals surface area contributed by atoms with Crippen molar-refractivity contribution >= 4 is 38.7 Å². The number of pyridine rings is 1. The Morgan fingerprint density at radius 1 is 1.03 bits per heavy atom. The van der Waals surface area contributed by atoms with Crippen molar-refractivity contribution in [3.05, 3.63) is 101 Å². The van der Waals surface area contributed by atoms with Crippen molar-refractivity contribution in [1.82, 2.24) is 14.9 Å². The molecule has 0 radical (unpaired) electrons. The number of benzene rings is 2. The van der Waals surface area contributed by atoms with Gasteiger partial charge < -0.3 is 19.5 Å². The molecule has 1 fully saturated rings. The molecular formula is C29H31N5O3S2. The van der Waals surface area contributed by atoms with Crippen LogP contribution in [0, 0.1) is 20.8 Å². The Bertz CT molecular complexity index is 1650. The summed E-state index contributed by atoms with van der Waals surface area (Å²) in [4.78, 5) is 6.72. The largest absolute Gasteiger partial charge is 0.494 e. The number of methoxy groups -OCH3 is 1. The van der Waals surface area contributed by atoms with Gasteiger partial charge in [-0.05, 0) is 80.5 Å². The Hall–Kier alpha value is -3.89. The van der Waals surface area contributed by atoms with Gasteiger partial charge in [0.05, 0.1) is 36.8 Å². The number of ether oxygens (including phenoxy) is 1. The third-order valence-corrected chi connectivity index (χ3v) is 7.91. The van der Waals surface area contributed by atoms with Gasteiger partial charge in [0.25, 0.3) is 0 Å². The summed E-state index contributed by atoms with van der Waals surface area (Å²) >= 11 is 5.90. The molecule has 2 aromatic heterocycles. The van der Waals surface area contributed by atoms with Crippen molar-refractivity contribution in [3.63, 3.8) is 0 Å². The highest BCUT2D eigenvalue weighted by molar-refractivity contribution is 7.92. The molecule has 5 rings (SSSR count). The smallest absolute Gasteiger partial charge is 0.229 e. The van der Waals surface area contributed by atoms with Gasteiger partial charge in [0.2, 0.25) is 10.0 Å². The van der Waals surface area contributed by atoms with Crippen LogP contribution in [-0.2, 0) is 10.0 Å². The van der Waals surface area contributed by atoms with Crippen LogP contribution in [0.3, 0.4) is 0 Å². The first-order valence-electron chi connectivity index (χ1n) is 12.5. The van der Waals surface area contributed by atoms with E-state index in [1.165, 1.54) is 12.7 Å². The lowest BCUT2D eigenvalue weighted by molar-refractivity contribution is 0.417. The summed E-state index contributed by atoms with van der Waals surface area (Å²) in [6, 6.07) is 21.3. The van der Waals surface area contributed by atoms with Crippen LogP contribution in [0.25, 0.3) is 5.69 Å². The maximum Gasteiger partial charge on any atom is 0.229 e. The van der Waals surface area contributed by atoms with E-state index in [0.29, 0.717) is 16.5 Å². The second kappa shape index (κ2) is 10.3. The minimum absolute atomic E-state index is 0.218. The molecule has 202 valence electrons. The number of anilines is 2. The summed E-state index contributed by atoms with van der Waals surface area (Å²) in [6.45, 7) is 6.35. The molecule has 8 nitrogen and oxygen atoms in total. The lowest BCUT2D eigenvalue weighted by Gasteiger charge is -2.29. The number of nitrogens with one attached hydrogen (secondary N) is 2. The summed E-state index contributed by atoms with van der Waals surface area (Å²) < 4.78 is 34.1. The van der Waals surface area contributed by atoms with Crippen LogP contribution in [0.2, 0.25) is 0 Å². The number of aromatic nitrogens is 2. The van der Waals surface area contributed by atoms with Crippen molar-refractivity contribution in [2.24, 2.45) is 0 Å². The number of aryl methyl sites for hydroxylation is 2. The quantitative estimate of drug-likeness (QED) is 0.294. The van der Waals surface area contributed by atoms with Crippen molar-refractivity contribution in [1.29, 1.82) is 0 Å². The van der Waals surface area contributed by atoms with Gasteiger partial charge in [-0.15, -0.1) is 0 Å². The number of rotatable bonds is 7. The molecule has 4 aromatic rings. The average Bonchev–Trinajstić information content (AvgIpc) is 3.39. The molecule has 1 aliphatic rings. The Morgan fingerprint density at radius 2 is 1.77 bits per heavy atom. The van der Waals surface area contributed by atoms with Gasteiger partial charge in [0.15, 0.2) is 5.11 Å². The van der Waals surface area contributed by atoms with Crippen LogP contribution in [0.1, 0.15) is 40.3 Å². The van der Waals surface area contributed by atoms with E-state index in [9.17, 15) is 8.42 Å². The minimum atomic E-state index is -3.48. The molecule has 0 amide bonds. The van der Waals surface area contributed by atoms with Crippen LogP contribution < -0.4 is 19.7 Å². The highest BCUT2D eigenvalue weighted by Gasteiger charge is 2.42. The Kier molecular flexibility index (Phi) is 7.09. The number of hydrogen-bond acceptors (Lipinski definition) is 5. The third-order valence-electron chi connectivity index (χ3n) is 7.00. The molecule has 0 unspecified atom stereocenters. The van der Waals surface area contributed by atoms with Crippen LogP contribution in [0.4, 0.5) is 11.4 Å². The van der Waals surface area contributed by atoms with Gasteiger partial charge in [-0.1, -0.05) is 24.3 Å². The molecule has 0 spiro atoms. The van der Waals surface area contributed by atoms with Gasteiger partial charge in [-0.3, -0.25) is 9.71 Å². The van der Waals surface area contributed by atoms with E-state index in [1.807, 2.05) is 30.3 Å². The Balaban J connectivity index is 1.67. The van der Waals surface area contributed by atoms with Gasteiger partial charge in [0.1, 0.15) is 5.75 Å². The number of hydrogen-bond donors (Lipinski definition) is 2. The number of nitrogens with zero attached hydrogens (tertiary/aromatic N) is 3. The van der Waals surface area contributed by atoms with Crippen LogP contribution in [-0.4, -0.2) is 36.4 Å². The molecule has 3 heterocycles. The van der Waals surface area contributed by atoms with E-state index in [2.05, 4.69) is 69.5 Å². The van der Waals surface area contributed by atoms with E-state index < -0.39 is 10.0 Å². The monoisotopic (exact) mass is 561 g/mol. The van der Waals surface area contributed by atoms with Crippen molar-refractivity contribution in [2.45, 2.75) is 32.9 Å². The predicted octanol–water partition coefficient (Wildman–Crippen LogP) is 5.35. The fourth-order valence-electron chi connectivity index (χ4n) is 5.33. The lowest BCUT2D eigenvalue weighted by atomic mass is 9.96. The highest BCUT2D eigenvalue weighted by atomic mass is 32.2. The number of sulfonamides is 1. The van der Waals surface area contributed by atoms with E-state index in [-0.39, 0.29) is 12.1 Å². The SMILES string of the molecule is COc1cc(N2C(=S)N[C@H](c3ccccn3)[C@H]2c2cc(C)n(-c3ccccc3C)c2C)ccc1NS(C)(=O)=O. The van der Waals surface area contributed by atoms with Crippen LogP contribution in [0.15, 0.2) is 72.9 Å². The zero-order chi connectivity index (χ0) is 27.9. The molecular weight excluding hydrogens is 530 g/mol. The standard InChI is InChI=1S/C29H31N5O3S2/c1-18-10-6-7-12-25(18)33-19(2)16-22(20(33)3)28-27(24-11-8-9-15-30-24)31-29(38)34(28)21-13-14-23(26(17-21)37-4)32-39(5,35)36/h6-17,27-28,32H,1-5H3,(H,31,38)/t27-,28-/m1/s1. The molecule has 1 aliphatic heterocycles. The summed E-state index contributed by atoms with van der Waals surface area (Å²) in [5.74, 6) is 0.395. The third kappa shape index (κ3) is 5.09. The zero-order valence-electron chi connectivity index (χ0n) is 22.5. The van der Waals surface area contributed by atoms with Gasteiger partial charge in [-0.25, -0.2) is 8.42 Å². The predicted molar refractivity (Wildman–Crippen MR) is 159 cm³/mol. The topological polar surface area (TPSA) is 88.5 Å². The second-order valence-electron chi connectivity index (χ2n) is 9.70. The first kappa shape index (κ1) is 26.7. The van der Waals surface area contributed by atoms with Crippen LogP contribution in [0.5, 0.6) is 5.75 Å². The first-order valence-corrected chi connectivity index (χ1v) is 14.8. The van der Waals surface area contributed by atoms with Crippen LogP contribution >= 0.6 is 12.2 Å². The number of para-hydroxylation sites is 1. The summed E-state index contributed by atoms with van der Waals surface area (Å²) in [7, 11) is -1.97. The Morgan fingerprint density at radius 3 is 2.44 bits per heavy atom. The molecule has 2 atom stereocenters. The molecule has 2 N–H and O–H groups in total. The second-order valence-corrected chi connectivity index (χ2v) is 11.8. The molecule has 1 saturated heterocycles. The lowest BCUT2D eigenvalue weighted by Crippen LogP contribution is -2.29. The Labute approximate surface area is 234 Å². The first-order chi connectivity index (χ1) is 18.6. The maximum atomic E-state index is 11.9. The molecule has 0 bridgehead atoms. The maximum absolute atomic E-state index is 11.9. The molecule has 39 heavy (non-hydrogen) atoms. The van der Waals surface area contributed by atoms with E-state index in [1.54, 1.807) is 18.3 Å². The molecule has 0 aliphatic carbocycles. The van der Waals surface area contributed by atoms with E-state index >= 15 is 0 Å². The summed E-state index contributed by atoms with van der Waals surface area (Å²) in [5, 5.41) is 4.04. The zero-order valence-corrected chi connectivity index (χ0v) is 24.1. The molecule has 2 aromatic carbocycles. The van der Waals surface area contributed by atoms with Gasteiger partial charge >= 0.3 is 0 Å². The van der Waals surface area contributed by atoms with E-state index in [0.717, 1.165) is 40.3 Å². The van der Waals surface area contributed by atoms with E-state index in [4.69, 9.17) is 17.0 Å². The fraction of sp³-hybridized carbons (Fsp3) is 0.241. The highest BCUT2D eigenvalue weighted by Crippen LogP contribution is 2.45. The minimum Gasteiger partial charge on any atom is -0.494 e. The van der Waals surface area contributed by atoms with Crippen molar-refractivity contribution in [3.8, 4) is 11.4 Å². The molecule has 0 saturated carbocycles. The summed E-state index contributed by atoms with van der Waals surface area (Å²) in [6.07, 6.45) is 2.89. The summed E-state index contributed by atoms with van der Waals surface area (Å²) in [5.41, 5.74) is 7.64. The molecule has 10 heteroatoms. The van der Waals surface area contributed by atoms with Gasteiger partial charge in [-0.2, -0.15) is 0 Å². The average molecular weight is 562 g/mol. The van der Waals surface area contributed by atoms with Crippen molar-refractivity contribution in [2.75, 3.05) is 23.0 Å². The number of thiocarbonyl (C=S) groups is 1. The van der Waals surface area contributed by atoms with Crippen molar-refractivity contribution < 1.29 is 13.2 Å².